The van der Waals surface area contributed by atoms with Crippen molar-refractivity contribution in [2.24, 2.45) is 0 Å². The number of ether oxygens (including phenoxy) is 1. The number of carbonyl (C=O) groups excluding carboxylic acids is 1. The fourth-order valence-electron chi connectivity index (χ4n) is 2.96. The molecule has 0 unspecified atom stereocenters. The zero-order valence-electron chi connectivity index (χ0n) is 17.2. The Kier molecular flexibility index (Phi) is 6.61. The standard InChI is InChI=1S/C20H26N6O3/c1-5-16-15(12-21-26(16)17-9-7-6-8-14(17)2)22-20(27)25(3)13-19-23-18(24-29-19)10-11-28-4/h6-9,12H,5,10-11,13H2,1-4H3,(H,22,27). The van der Waals surface area contributed by atoms with E-state index >= 15 is 0 Å². The molecule has 29 heavy (non-hydrogen) atoms. The van der Waals surface area contributed by atoms with E-state index in [1.807, 2.05) is 42.8 Å². The van der Waals surface area contributed by atoms with Crippen LogP contribution in [0.2, 0.25) is 0 Å². The van der Waals surface area contributed by atoms with Crippen LogP contribution in [-0.2, 0) is 24.1 Å². The van der Waals surface area contributed by atoms with E-state index in [0.29, 0.717) is 30.4 Å². The van der Waals surface area contributed by atoms with Gasteiger partial charge >= 0.3 is 6.03 Å². The average molecular weight is 398 g/mol. The van der Waals surface area contributed by atoms with Gasteiger partial charge < -0.3 is 19.5 Å². The third-order valence-corrected chi connectivity index (χ3v) is 4.55. The van der Waals surface area contributed by atoms with Gasteiger partial charge in [0.05, 0.1) is 29.9 Å². The van der Waals surface area contributed by atoms with Gasteiger partial charge in [0.1, 0.15) is 6.54 Å². The number of hydrogen-bond donors (Lipinski definition) is 1. The maximum absolute atomic E-state index is 12.6. The molecule has 0 fully saturated rings. The predicted octanol–water partition coefficient (Wildman–Crippen LogP) is 2.98. The van der Waals surface area contributed by atoms with Crippen LogP contribution in [0.4, 0.5) is 10.5 Å². The molecule has 0 saturated carbocycles. The Morgan fingerprint density at radius 1 is 1.34 bits per heavy atom. The lowest BCUT2D eigenvalue weighted by molar-refractivity contribution is 0.199. The SMILES string of the molecule is CCc1c(NC(=O)N(C)Cc2nc(CCOC)no2)cnn1-c1ccccc1C. The Bertz CT molecular complexity index is 965. The molecule has 3 aromatic rings. The fourth-order valence-corrected chi connectivity index (χ4v) is 2.96. The van der Waals surface area contributed by atoms with E-state index in [4.69, 9.17) is 9.26 Å². The van der Waals surface area contributed by atoms with Gasteiger partial charge in [0.25, 0.3) is 0 Å². The third kappa shape index (κ3) is 4.80. The summed E-state index contributed by atoms with van der Waals surface area (Å²) in [5.74, 6) is 0.934. The largest absolute Gasteiger partial charge is 0.384 e. The highest BCUT2D eigenvalue weighted by atomic mass is 16.5. The molecule has 2 aromatic heterocycles. The van der Waals surface area contributed by atoms with Gasteiger partial charge in [-0.2, -0.15) is 10.1 Å². The molecule has 3 rings (SSSR count). The van der Waals surface area contributed by atoms with E-state index in [0.717, 1.165) is 23.4 Å². The molecule has 0 aliphatic heterocycles. The van der Waals surface area contributed by atoms with Crippen molar-refractivity contribution in [3.8, 4) is 5.69 Å². The van der Waals surface area contributed by atoms with Gasteiger partial charge in [-0.1, -0.05) is 30.3 Å². The van der Waals surface area contributed by atoms with Gasteiger partial charge in [0.2, 0.25) is 5.89 Å². The number of para-hydroxylation sites is 1. The topological polar surface area (TPSA) is 98.3 Å². The average Bonchev–Trinajstić information content (AvgIpc) is 3.33. The summed E-state index contributed by atoms with van der Waals surface area (Å²) in [4.78, 5) is 18.4. The second kappa shape index (κ2) is 9.33. The minimum Gasteiger partial charge on any atom is -0.384 e. The Morgan fingerprint density at radius 2 is 2.14 bits per heavy atom. The molecule has 2 amide bonds. The van der Waals surface area contributed by atoms with Gasteiger partial charge in [-0.3, -0.25) is 0 Å². The smallest absolute Gasteiger partial charge is 0.322 e. The van der Waals surface area contributed by atoms with Gasteiger partial charge in [-0.05, 0) is 25.0 Å². The first-order valence-electron chi connectivity index (χ1n) is 9.48. The minimum absolute atomic E-state index is 0.208. The van der Waals surface area contributed by atoms with Crippen LogP contribution >= 0.6 is 0 Å². The lowest BCUT2D eigenvalue weighted by Crippen LogP contribution is -2.31. The van der Waals surface area contributed by atoms with Crippen LogP contribution in [0, 0.1) is 6.92 Å². The number of nitrogens with one attached hydrogen (secondary N) is 1. The van der Waals surface area contributed by atoms with Crippen molar-refractivity contribution in [3.63, 3.8) is 0 Å². The monoisotopic (exact) mass is 398 g/mol. The summed E-state index contributed by atoms with van der Waals surface area (Å²) >= 11 is 0. The Morgan fingerprint density at radius 3 is 2.86 bits per heavy atom. The molecule has 9 heteroatoms. The number of aryl methyl sites for hydroxylation is 1. The third-order valence-electron chi connectivity index (χ3n) is 4.55. The number of benzene rings is 1. The highest BCUT2D eigenvalue weighted by molar-refractivity contribution is 5.89. The first-order chi connectivity index (χ1) is 14.0. The quantitative estimate of drug-likeness (QED) is 0.626. The number of urea groups is 1. The molecule has 9 nitrogen and oxygen atoms in total. The molecule has 154 valence electrons. The highest BCUT2D eigenvalue weighted by Gasteiger charge is 2.18. The van der Waals surface area contributed by atoms with Gasteiger partial charge in [0, 0.05) is 20.6 Å². The number of amides is 2. The molecule has 0 saturated heterocycles. The summed E-state index contributed by atoms with van der Waals surface area (Å²) in [6.45, 7) is 4.79. The van der Waals surface area contributed by atoms with Crippen molar-refractivity contribution in [1.29, 1.82) is 0 Å². The van der Waals surface area contributed by atoms with Crippen molar-refractivity contribution in [2.45, 2.75) is 33.2 Å². The molecule has 0 radical (unpaired) electrons. The molecule has 0 spiro atoms. The Hall–Kier alpha value is -3.20. The Labute approximate surface area is 169 Å². The maximum Gasteiger partial charge on any atom is 0.322 e. The zero-order valence-corrected chi connectivity index (χ0v) is 17.2. The highest BCUT2D eigenvalue weighted by Crippen LogP contribution is 2.22. The fraction of sp³-hybridized carbons (Fsp3) is 0.400. The van der Waals surface area contributed by atoms with E-state index in [-0.39, 0.29) is 12.6 Å². The summed E-state index contributed by atoms with van der Waals surface area (Å²) in [5, 5.41) is 11.3. The summed E-state index contributed by atoms with van der Waals surface area (Å²) in [6.07, 6.45) is 2.96. The summed E-state index contributed by atoms with van der Waals surface area (Å²) in [7, 11) is 3.29. The molecular weight excluding hydrogens is 372 g/mol. The second-order valence-electron chi connectivity index (χ2n) is 6.69. The lowest BCUT2D eigenvalue weighted by Gasteiger charge is -2.16. The Balaban J connectivity index is 1.69. The van der Waals surface area contributed by atoms with Crippen LogP contribution in [0.15, 0.2) is 35.0 Å². The number of hydrogen-bond acceptors (Lipinski definition) is 6. The van der Waals surface area contributed by atoms with E-state index in [1.165, 1.54) is 4.90 Å². The van der Waals surface area contributed by atoms with Crippen molar-refractivity contribution in [2.75, 3.05) is 26.1 Å². The summed E-state index contributed by atoms with van der Waals surface area (Å²) in [6, 6.07) is 7.73. The zero-order chi connectivity index (χ0) is 20.8. The number of anilines is 1. The van der Waals surface area contributed by atoms with Crippen LogP contribution < -0.4 is 5.32 Å². The van der Waals surface area contributed by atoms with Crippen LogP contribution in [0.1, 0.15) is 29.9 Å². The molecule has 1 aromatic carbocycles. The van der Waals surface area contributed by atoms with Crippen LogP contribution in [0.3, 0.4) is 0 Å². The van der Waals surface area contributed by atoms with Crippen LogP contribution in [0.25, 0.3) is 5.69 Å². The van der Waals surface area contributed by atoms with Crippen molar-refractivity contribution in [1.82, 2.24) is 24.8 Å². The molecule has 0 atom stereocenters. The maximum atomic E-state index is 12.6. The number of rotatable bonds is 8. The van der Waals surface area contributed by atoms with Crippen molar-refractivity contribution >= 4 is 11.7 Å². The predicted molar refractivity (Wildman–Crippen MR) is 108 cm³/mol. The van der Waals surface area contributed by atoms with E-state index < -0.39 is 0 Å². The van der Waals surface area contributed by atoms with Gasteiger partial charge in [-0.15, -0.1) is 0 Å². The number of carbonyl (C=O) groups is 1. The van der Waals surface area contributed by atoms with E-state index in [2.05, 4.69) is 20.6 Å². The van der Waals surface area contributed by atoms with Crippen LogP contribution in [-0.4, -0.2) is 51.6 Å². The molecule has 1 N–H and O–H groups in total. The molecule has 2 heterocycles. The molecule has 0 aliphatic carbocycles. The molecule has 0 aliphatic rings. The van der Waals surface area contributed by atoms with E-state index in [9.17, 15) is 4.79 Å². The summed E-state index contributed by atoms with van der Waals surface area (Å²) < 4.78 is 12.1. The number of aromatic nitrogens is 4. The van der Waals surface area contributed by atoms with Crippen molar-refractivity contribution < 1.29 is 14.1 Å². The van der Waals surface area contributed by atoms with E-state index in [1.54, 1.807) is 20.4 Å². The summed E-state index contributed by atoms with van der Waals surface area (Å²) in [5.41, 5.74) is 3.72. The van der Waals surface area contributed by atoms with Crippen molar-refractivity contribution in [3.05, 3.63) is 53.4 Å². The number of methoxy groups -OCH3 is 1. The molecular formula is C20H26N6O3. The normalized spacial score (nSPS) is 10.9. The number of nitrogens with zero attached hydrogens (tertiary/aromatic N) is 5. The van der Waals surface area contributed by atoms with Crippen LogP contribution in [0.5, 0.6) is 0 Å². The van der Waals surface area contributed by atoms with Gasteiger partial charge in [-0.25, -0.2) is 9.48 Å². The first kappa shape index (κ1) is 20.5. The molecule has 0 bridgehead atoms. The minimum atomic E-state index is -0.277. The second-order valence-corrected chi connectivity index (χ2v) is 6.69. The lowest BCUT2D eigenvalue weighted by atomic mass is 10.2. The first-order valence-corrected chi connectivity index (χ1v) is 9.48. The van der Waals surface area contributed by atoms with Gasteiger partial charge in [0.15, 0.2) is 5.82 Å².